The number of nitrogens with one attached hydrogen (secondary N) is 1. The highest BCUT2D eigenvalue weighted by Gasteiger charge is 2.26. The van der Waals surface area contributed by atoms with Crippen molar-refractivity contribution in [3.05, 3.63) is 66.6 Å². The molecule has 0 aliphatic carbocycles. The van der Waals surface area contributed by atoms with Crippen molar-refractivity contribution in [2.45, 2.75) is 38.3 Å². The van der Waals surface area contributed by atoms with Crippen molar-refractivity contribution in [2.75, 3.05) is 11.4 Å². The second-order valence-corrected chi connectivity index (χ2v) is 7.10. The third-order valence-corrected chi connectivity index (χ3v) is 5.14. The second-order valence-electron chi connectivity index (χ2n) is 7.10. The first kappa shape index (κ1) is 19.0. The summed E-state index contributed by atoms with van der Waals surface area (Å²) in [6, 6.07) is 8.41. The molecule has 1 aliphatic rings. The van der Waals surface area contributed by atoms with Gasteiger partial charge in [0.25, 0.3) is 0 Å². The first-order chi connectivity index (χ1) is 14.2. The summed E-state index contributed by atoms with van der Waals surface area (Å²) in [7, 11) is 0. The molecule has 0 spiro atoms. The van der Waals surface area contributed by atoms with Crippen LogP contribution in [0.1, 0.15) is 31.2 Å². The summed E-state index contributed by atoms with van der Waals surface area (Å²) in [6.45, 7) is 1.03. The number of aromatic nitrogens is 4. The summed E-state index contributed by atoms with van der Waals surface area (Å²) in [6.07, 6.45) is 10.2. The minimum absolute atomic E-state index is 0.0508. The quantitative estimate of drug-likeness (QED) is 0.696. The van der Waals surface area contributed by atoms with Gasteiger partial charge >= 0.3 is 0 Å². The zero-order valence-electron chi connectivity index (χ0n) is 16.0. The van der Waals surface area contributed by atoms with Gasteiger partial charge in [-0.05, 0) is 31.4 Å². The van der Waals surface area contributed by atoms with Crippen LogP contribution in [0.5, 0.6) is 0 Å². The molecule has 29 heavy (non-hydrogen) atoms. The van der Waals surface area contributed by atoms with E-state index >= 15 is 0 Å². The fourth-order valence-electron chi connectivity index (χ4n) is 3.64. The van der Waals surface area contributed by atoms with E-state index in [1.165, 1.54) is 6.07 Å². The number of carbonyl (C=O) groups is 1. The molecule has 1 atom stereocenters. The van der Waals surface area contributed by atoms with Gasteiger partial charge in [-0.3, -0.25) is 9.36 Å². The molecule has 2 aromatic heterocycles. The highest BCUT2D eigenvalue weighted by Crippen LogP contribution is 2.25. The van der Waals surface area contributed by atoms with E-state index in [1.807, 2.05) is 6.07 Å². The predicted octanol–water partition coefficient (Wildman–Crippen LogP) is 2.87. The molecule has 1 amide bonds. The second kappa shape index (κ2) is 8.81. The van der Waals surface area contributed by atoms with E-state index < -0.39 is 0 Å². The Morgan fingerprint density at radius 1 is 1.21 bits per heavy atom. The fourth-order valence-corrected chi connectivity index (χ4v) is 3.64. The lowest BCUT2D eigenvalue weighted by Gasteiger charge is -2.36. The Bertz CT molecular complexity index is 961. The average molecular weight is 394 g/mol. The molecule has 0 saturated carbocycles. The molecule has 3 heterocycles. The monoisotopic (exact) mass is 394 g/mol. The van der Waals surface area contributed by atoms with Gasteiger partial charge in [-0.2, -0.15) is 4.98 Å². The van der Waals surface area contributed by atoms with E-state index in [9.17, 15) is 9.18 Å². The molecule has 3 aromatic rings. The van der Waals surface area contributed by atoms with Crippen LogP contribution in [0.25, 0.3) is 5.95 Å². The molecule has 8 heteroatoms. The van der Waals surface area contributed by atoms with Gasteiger partial charge in [0.15, 0.2) is 0 Å². The van der Waals surface area contributed by atoms with Crippen LogP contribution in [-0.4, -0.2) is 38.0 Å². The number of nitrogens with zero attached hydrogens (tertiary/aromatic N) is 5. The van der Waals surface area contributed by atoms with Gasteiger partial charge in [0.05, 0.1) is 0 Å². The molecule has 1 N–H and O–H groups in total. The lowest BCUT2D eigenvalue weighted by atomic mass is 9.99. The lowest BCUT2D eigenvalue weighted by molar-refractivity contribution is -0.121. The highest BCUT2D eigenvalue weighted by atomic mass is 19.1. The van der Waals surface area contributed by atoms with Crippen LogP contribution in [0.15, 0.2) is 55.2 Å². The third kappa shape index (κ3) is 4.59. The maximum atomic E-state index is 13.8. The molecular weight excluding hydrogens is 371 g/mol. The molecule has 0 bridgehead atoms. The minimum atomic E-state index is -0.305. The summed E-state index contributed by atoms with van der Waals surface area (Å²) in [5.41, 5.74) is 0.488. The number of anilines is 1. The van der Waals surface area contributed by atoms with E-state index in [2.05, 4.69) is 25.2 Å². The number of imidazole rings is 1. The van der Waals surface area contributed by atoms with Crippen LogP contribution in [0.4, 0.5) is 10.2 Å². The Labute approximate surface area is 168 Å². The number of rotatable bonds is 6. The summed E-state index contributed by atoms with van der Waals surface area (Å²) in [5.74, 6) is 0.956. The molecule has 1 unspecified atom stereocenters. The largest absolute Gasteiger partial charge is 0.353 e. The number of piperidine rings is 1. The van der Waals surface area contributed by atoms with Crippen molar-refractivity contribution >= 4 is 11.7 Å². The van der Waals surface area contributed by atoms with Crippen LogP contribution in [0, 0.1) is 5.82 Å². The van der Waals surface area contributed by atoms with E-state index in [1.54, 1.807) is 47.7 Å². The molecular formula is C21H23FN6O. The van der Waals surface area contributed by atoms with Gasteiger partial charge in [0.1, 0.15) is 18.0 Å². The zero-order valence-corrected chi connectivity index (χ0v) is 16.0. The summed E-state index contributed by atoms with van der Waals surface area (Å²) < 4.78 is 15.5. The van der Waals surface area contributed by atoms with E-state index in [0.29, 0.717) is 17.9 Å². The number of amides is 1. The molecule has 0 radical (unpaired) electrons. The Kier molecular flexibility index (Phi) is 5.79. The predicted molar refractivity (Wildman–Crippen MR) is 107 cm³/mol. The smallest absolute Gasteiger partial charge is 0.236 e. The van der Waals surface area contributed by atoms with Gasteiger partial charge in [0.2, 0.25) is 11.9 Å². The first-order valence-electron chi connectivity index (χ1n) is 9.79. The minimum Gasteiger partial charge on any atom is -0.353 e. The lowest BCUT2D eigenvalue weighted by Crippen LogP contribution is -2.43. The standard InChI is InChI=1S/C21H23FN6O/c22-18-7-2-1-5-16(18)14-25-20(29)13-17-6-3-4-11-28(17)19-8-9-24-21(26-19)27-12-10-23-15-27/h1-2,5,7-10,12,15,17H,3-4,6,11,13-14H2,(H,25,29). The summed E-state index contributed by atoms with van der Waals surface area (Å²) in [4.78, 5) is 27.7. The molecule has 1 aromatic carbocycles. The number of hydrogen-bond acceptors (Lipinski definition) is 5. The van der Waals surface area contributed by atoms with Crippen molar-refractivity contribution < 1.29 is 9.18 Å². The third-order valence-electron chi connectivity index (χ3n) is 5.14. The summed E-state index contributed by atoms with van der Waals surface area (Å²) >= 11 is 0. The summed E-state index contributed by atoms with van der Waals surface area (Å²) in [5, 5.41) is 2.84. The van der Waals surface area contributed by atoms with Crippen molar-refractivity contribution in [2.24, 2.45) is 0 Å². The van der Waals surface area contributed by atoms with Crippen LogP contribution in [-0.2, 0) is 11.3 Å². The zero-order chi connectivity index (χ0) is 20.1. The SMILES string of the molecule is O=C(CC1CCCCN1c1ccnc(-n2ccnc2)n1)NCc1ccccc1F. The Morgan fingerprint density at radius 3 is 2.93 bits per heavy atom. The normalized spacial score (nSPS) is 16.6. The van der Waals surface area contributed by atoms with Crippen molar-refractivity contribution in [3.63, 3.8) is 0 Å². The van der Waals surface area contributed by atoms with Crippen molar-refractivity contribution in [1.82, 2.24) is 24.8 Å². The Balaban J connectivity index is 1.43. The number of carbonyl (C=O) groups excluding carboxylic acids is 1. The number of benzene rings is 1. The van der Waals surface area contributed by atoms with E-state index in [-0.39, 0.29) is 24.3 Å². The number of hydrogen-bond donors (Lipinski definition) is 1. The van der Waals surface area contributed by atoms with Crippen molar-refractivity contribution in [1.29, 1.82) is 0 Å². The molecule has 1 aliphatic heterocycles. The Morgan fingerprint density at radius 2 is 2.10 bits per heavy atom. The molecule has 7 nitrogen and oxygen atoms in total. The fraction of sp³-hybridized carbons (Fsp3) is 0.333. The molecule has 150 valence electrons. The van der Waals surface area contributed by atoms with Crippen LogP contribution < -0.4 is 10.2 Å². The van der Waals surface area contributed by atoms with E-state index in [0.717, 1.165) is 31.6 Å². The van der Waals surface area contributed by atoms with Crippen LogP contribution >= 0.6 is 0 Å². The maximum absolute atomic E-state index is 13.8. The van der Waals surface area contributed by atoms with E-state index in [4.69, 9.17) is 0 Å². The maximum Gasteiger partial charge on any atom is 0.236 e. The average Bonchev–Trinajstić information content (AvgIpc) is 3.29. The topological polar surface area (TPSA) is 75.9 Å². The molecule has 1 saturated heterocycles. The highest BCUT2D eigenvalue weighted by molar-refractivity contribution is 5.77. The van der Waals surface area contributed by atoms with Crippen LogP contribution in [0.3, 0.4) is 0 Å². The van der Waals surface area contributed by atoms with Crippen molar-refractivity contribution in [3.8, 4) is 5.95 Å². The number of halogens is 1. The molecule has 1 fully saturated rings. The first-order valence-corrected chi connectivity index (χ1v) is 9.79. The van der Waals surface area contributed by atoms with Crippen LogP contribution in [0.2, 0.25) is 0 Å². The van der Waals surface area contributed by atoms with Gasteiger partial charge in [-0.15, -0.1) is 0 Å². The Hall–Kier alpha value is -3.29. The van der Waals surface area contributed by atoms with Gasteiger partial charge in [-0.1, -0.05) is 18.2 Å². The van der Waals surface area contributed by atoms with Gasteiger partial charge in [0, 0.05) is 49.7 Å². The van der Waals surface area contributed by atoms with Gasteiger partial charge < -0.3 is 10.2 Å². The molecule has 4 rings (SSSR count). The van der Waals surface area contributed by atoms with Gasteiger partial charge in [-0.25, -0.2) is 14.4 Å².